The van der Waals surface area contributed by atoms with Crippen LogP contribution >= 0.6 is 0 Å². The molecular weight excluding hydrogens is 285 g/mol. The van der Waals surface area contributed by atoms with Gasteiger partial charge in [-0.2, -0.15) is 0 Å². The Hall–Kier alpha value is -1.60. The minimum Gasteiger partial charge on any atom is -0.373 e. The van der Waals surface area contributed by atoms with Gasteiger partial charge in [-0.05, 0) is 19.2 Å². The van der Waals surface area contributed by atoms with Crippen molar-refractivity contribution in [1.82, 2.24) is 9.80 Å². The van der Waals surface area contributed by atoms with Gasteiger partial charge < -0.3 is 9.64 Å². The second-order valence-electron chi connectivity index (χ2n) is 5.39. The highest BCUT2D eigenvalue weighted by Crippen LogP contribution is 2.25. The summed E-state index contributed by atoms with van der Waals surface area (Å²) in [5, 5.41) is 0. The number of carbonyl (C=O) groups excluding carboxylic acids is 1. The molecule has 0 saturated carbocycles. The van der Waals surface area contributed by atoms with Gasteiger partial charge in [0.2, 0.25) is 0 Å². The molecule has 2 fully saturated rings. The second-order valence-corrected chi connectivity index (χ2v) is 5.39. The van der Waals surface area contributed by atoms with Crippen LogP contribution in [0.1, 0.15) is 10.4 Å². The monoisotopic (exact) mass is 300 g/mol. The number of benzene rings is 1. The van der Waals surface area contributed by atoms with Crippen LogP contribution in [0, 0.1) is 17.5 Å². The van der Waals surface area contributed by atoms with Crippen molar-refractivity contribution >= 4 is 5.91 Å². The molecule has 2 atom stereocenters. The van der Waals surface area contributed by atoms with Gasteiger partial charge >= 0.3 is 0 Å². The smallest absolute Gasteiger partial charge is 0.260 e. The summed E-state index contributed by atoms with van der Waals surface area (Å²) in [7, 11) is 1.91. The Morgan fingerprint density at radius 3 is 2.67 bits per heavy atom. The van der Waals surface area contributed by atoms with Crippen LogP contribution in [0.25, 0.3) is 0 Å². The molecule has 3 rings (SSSR count). The van der Waals surface area contributed by atoms with Gasteiger partial charge in [-0.15, -0.1) is 0 Å². The van der Waals surface area contributed by atoms with Gasteiger partial charge in [-0.3, -0.25) is 9.69 Å². The van der Waals surface area contributed by atoms with Crippen molar-refractivity contribution in [1.29, 1.82) is 0 Å². The molecule has 0 bridgehead atoms. The minimum absolute atomic E-state index is 0.00221. The van der Waals surface area contributed by atoms with Gasteiger partial charge in [-0.1, -0.05) is 0 Å². The molecule has 4 nitrogen and oxygen atoms in total. The number of amides is 1. The Kier molecular flexibility index (Phi) is 3.62. The molecule has 2 heterocycles. The highest BCUT2D eigenvalue weighted by molar-refractivity contribution is 5.95. The predicted molar refractivity (Wildman–Crippen MR) is 68.4 cm³/mol. The van der Waals surface area contributed by atoms with Gasteiger partial charge in [0, 0.05) is 19.6 Å². The summed E-state index contributed by atoms with van der Waals surface area (Å²) in [5.74, 6) is -4.56. The Bertz CT molecular complexity index is 582. The summed E-state index contributed by atoms with van der Waals surface area (Å²) in [6, 6.07) is 1.43. The van der Waals surface area contributed by atoms with Gasteiger partial charge in [-0.25, -0.2) is 13.2 Å². The molecule has 0 radical (unpaired) electrons. The van der Waals surface area contributed by atoms with Gasteiger partial charge in [0.25, 0.3) is 5.91 Å². The summed E-state index contributed by atoms with van der Waals surface area (Å²) < 4.78 is 46.2. The zero-order chi connectivity index (χ0) is 15.1. The molecule has 114 valence electrons. The number of fused-ring (bicyclic) bond motifs is 1. The van der Waals surface area contributed by atoms with E-state index >= 15 is 0 Å². The van der Waals surface area contributed by atoms with Crippen molar-refractivity contribution in [2.24, 2.45) is 0 Å². The summed E-state index contributed by atoms with van der Waals surface area (Å²) in [5.41, 5.74) is -0.837. The Balaban J connectivity index is 1.86. The molecule has 1 aromatic rings. The molecular formula is C14H15F3N2O2. The van der Waals surface area contributed by atoms with Gasteiger partial charge in [0.15, 0.2) is 11.6 Å². The first-order valence-electron chi connectivity index (χ1n) is 6.73. The van der Waals surface area contributed by atoms with Crippen LogP contribution in [0.4, 0.5) is 13.2 Å². The van der Waals surface area contributed by atoms with E-state index in [0.717, 1.165) is 12.6 Å². The fourth-order valence-electron chi connectivity index (χ4n) is 2.90. The van der Waals surface area contributed by atoms with Crippen molar-refractivity contribution in [3.05, 3.63) is 35.1 Å². The Morgan fingerprint density at radius 1 is 1.24 bits per heavy atom. The number of likely N-dealkylation sites (tertiary alicyclic amines) is 1. The molecule has 0 aliphatic carbocycles. The van der Waals surface area contributed by atoms with Crippen molar-refractivity contribution in [2.45, 2.75) is 12.1 Å². The predicted octanol–water partition coefficient (Wildman–Crippen LogP) is 1.26. The largest absolute Gasteiger partial charge is 0.373 e. The number of nitrogens with zero attached hydrogens (tertiary/aromatic N) is 2. The Morgan fingerprint density at radius 2 is 1.95 bits per heavy atom. The van der Waals surface area contributed by atoms with Crippen molar-refractivity contribution in [3.63, 3.8) is 0 Å². The number of morpholine rings is 1. The molecule has 0 spiro atoms. The van der Waals surface area contributed by atoms with E-state index in [-0.39, 0.29) is 18.7 Å². The average Bonchev–Trinajstić information content (AvgIpc) is 2.89. The minimum atomic E-state index is -1.44. The molecule has 2 aliphatic heterocycles. The normalized spacial score (nSPS) is 26.0. The number of carbonyl (C=O) groups is 1. The maximum Gasteiger partial charge on any atom is 0.260 e. The number of halogens is 3. The van der Waals surface area contributed by atoms with Gasteiger partial charge in [0.1, 0.15) is 11.4 Å². The lowest BCUT2D eigenvalue weighted by molar-refractivity contribution is -0.0368. The molecule has 2 aliphatic rings. The first kappa shape index (κ1) is 14.3. The van der Waals surface area contributed by atoms with Crippen LogP contribution in [0.2, 0.25) is 0 Å². The molecule has 2 saturated heterocycles. The van der Waals surface area contributed by atoms with Crippen LogP contribution in [0.15, 0.2) is 12.1 Å². The van der Waals surface area contributed by atoms with Crippen molar-refractivity contribution in [2.75, 3.05) is 33.3 Å². The third kappa shape index (κ3) is 2.40. The van der Waals surface area contributed by atoms with Crippen LogP contribution in [-0.2, 0) is 4.74 Å². The number of rotatable bonds is 1. The summed E-state index contributed by atoms with van der Waals surface area (Å²) >= 11 is 0. The fourth-order valence-corrected chi connectivity index (χ4v) is 2.90. The molecule has 7 heteroatoms. The summed E-state index contributed by atoms with van der Waals surface area (Å²) in [6.07, 6.45) is -0.174. The van der Waals surface area contributed by atoms with E-state index < -0.39 is 28.9 Å². The first-order chi connectivity index (χ1) is 9.99. The summed E-state index contributed by atoms with van der Waals surface area (Å²) in [6.45, 7) is 1.87. The average molecular weight is 300 g/mol. The quantitative estimate of drug-likeness (QED) is 0.732. The second kappa shape index (κ2) is 5.31. The zero-order valence-electron chi connectivity index (χ0n) is 11.5. The van der Waals surface area contributed by atoms with Crippen LogP contribution < -0.4 is 0 Å². The first-order valence-corrected chi connectivity index (χ1v) is 6.73. The molecule has 1 amide bonds. The van der Waals surface area contributed by atoms with E-state index in [2.05, 4.69) is 4.90 Å². The van der Waals surface area contributed by atoms with Crippen molar-refractivity contribution < 1.29 is 22.7 Å². The van der Waals surface area contributed by atoms with E-state index in [1.165, 1.54) is 4.90 Å². The van der Waals surface area contributed by atoms with Gasteiger partial charge in [0.05, 0.1) is 18.8 Å². The van der Waals surface area contributed by atoms with E-state index in [4.69, 9.17) is 4.74 Å². The number of likely N-dealkylation sites (N-methyl/N-ethyl adjacent to an activating group) is 1. The van der Waals surface area contributed by atoms with E-state index in [9.17, 15) is 18.0 Å². The maximum atomic E-state index is 13.7. The SMILES string of the molecule is CN1CCO[C@@H]2CN(C(=O)c3c(F)ccc(F)c3F)C[C@H]21. The van der Waals surface area contributed by atoms with Crippen LogP contribution in [0.3, 0.4) is 0 Å². The lowest BCUT2D eigenvalue weighted by Crippen LogP contribution is -2.48. The lowest BCUT2D eigenvalue weighted by Gasteiger charge is -2.33. The summed E-state index contributed by atoms with van der Waals surface area (Å²) in [4.78, 5) is 15.7. The number of hydrogen-bond donors (Lipinski definition) is 0. The zero-order valence-corrected chi connectivity index (χ0v) is 11.5. The topological polar surface area (TPSA) is 32.8 Å². The highest BCUT2D eigenvalue weighted by atomic mass is 19.2. The van der Waals surface area contributed by atoms with E-state index in [0.29, 0.717) is 19.2 Å². The van der Waals surface area contributed by atoms with Crippen LogP contribution in [-0.4, -0.2) is 61.1 Å². The van der Waals surface area contributed by atoms with Crippen molar-refractivity contribution in [3.8, 4) is 0 Å². The molecule has 21 heavy (non-hydrogen) atoms. The number of ether oxygens (including phenoxy) is 1. The van der Waals surface area contributed by atoms with E-state index in [1.807, 2.05) is 7.05 Å². The number of hydrogen-bond acceptors (Lipinski definition) is 3. The standard InChI is InChI=1S/C14H15F3N2O2/c1-18-4-5-21-11-7-19(6-10(11)18)14(20)12-8(15)2-3-9(16)13(12)17/h2-3,10-11H,4-7H2,1H3/t10-,11-/m1/s1. The lowest BCUT2D eigenvalue weighted by atomic mass is 10.1. The molecule has 0 N–H and O–H groups in total. The third-order valence-electron chi connectivity index (χ3n) is 4.12. The molecule has 1 aromatic carbocycles. The highest BCUT2D eigenvalue weighted by Gasteiger charge is 2.41. The third-order valence-corrected chi connectivity index (χ3v) is 4.12. The maximum absolute atomic E-state index is 13.7. The molecule has 0 aromatic heterocycles. The Labute approximate surface area is 120 Å². The van der Waals surface area contributed by atoms with Crippen LogP contribution in [0.5, 0.6) is 0 Å². The fraction of sp³-hybridized carbons (Fsp3) is 0.500. The van der Waals surface area contributed by atoms with E-state index in [1.54, 1.807) is 0 Å². The molecule has 0 unspecified atom stereocenters.